The first kappa shape index (κ1) is 18.6. The molecule has 0 bridgehead atoms. The van der Waals surface area contributed by atoms with Crippen molar-refractivity contribution in [3.63, 3.8) is 0 Å². The molecule has 1 amide bonds. The number of nitrogens with one attached hydrogen (secondary N) is 1. The molecule has 1 atom stereocenters. The first-order chi connectivity index (χ1) is 11.5. The Kier molecular flexibility index (Phi) is 6.89. The van der Waals surface area contributed by atoms with Crippen LogP contribution in [0.4, 0.5) is 0 Å². The first-order valence-electron chi connectivity index (χ1n) is 7.91. The third-order valence-electron chi connectivity index (χ3n) is 3.48. The number of methoxy groups -OCH3 is 1. The van der Waals surface area contributed by atoms with Gasteiger partial charge in [0.25, 0.3) is 5.89 Å². The second-order valence-electron chi connectivity index (χ2n) is 5.78. The van der Waals surface area contributed by atoms with Gasteiger partial charge >= 0.3 is 0 Å². The lowest BCUT2D eigenvalue weighted by Gasteiger charge is -2.27. The molecule has 0 spiro atoms. The van der Waals surface area contributed by atoms with Crippen LogP contribution in [0.3, 0.4) is 0 Å². The van der Waals surface area contributed by atoms with E-state index < -0.39 is 0 Å². The Labute approximate surface area is 146 Å². The van der Waals surface area contributed by atoms with Crippen LogP contribution >= 0.6 is 11.3 Å². The second kappa shape index (κ2) is 8.91. The number of amides is 1. The fourth-order valence-corrected chi connectivity index (χ4v) is 2.82. The molecule has 0 unspecified atom stereocenters. The van der Waals surface area contributed by atoms with Crippen LogP contribution in [-0.4, -0.2) is 53.3 Å². The number of thiophene rings is 1. The van der Waals surface area contributed by atoms with Crippen LogP contribution in [0.25, 0.3) is 10.8 Å². The molecule has 0 aliphatic carbocycles. The topological polar surface area (TPSA) is 80.5 Å². The quantitative estimate of drug-likeness (QED) is 0.745. The van der Waals surface area contributed by atoms with Gasteiger partial charge in [-0.1, -0.05) is 6.07 Å². The van der Waals surface area contributed by atoms with E-state index in [1.807, 2.05) is 43.2 Å². The molecule has 0 aliphatic rings. The van der Waals surface area contributed by atoms with Gasteiger partial charge in [-0.05, 0) is 32.2 Å². The highest BCUT2D eigenvalue weighted by molar-refractivity contribution is 7.13. The van der Waals surface area contributed by atoms with Crippen molar-refractivity contribution in [2.45, 2.75) is 39.4 Å². The SMILES string of the molecule is COCCN(Cc1nnc(-c2cccs2)o1)[C@@H](C)C(=O)NC(C)C. The van der Waals surface area contributed by atoms with Gasteiger partial charge in [-0.15, -0.1) is 21.5 Å². The smallest absolute Gasteiger partial charge is 0.257 e. The molecule has 0 saturated carbocycles. The number of hydrogen-bond donors (Lipinski definition) is 1. The number of aromatic nitrogens is 2. The van der Waals surface area contributed by atoms with Crippen molar-refractivity contribution < 1.29 is 13.9 Å². The third-order valence-corrected chi connectivity index (χ3v) is 4.34. The first-order valence-corrected chi connectivity index (χ1v) is 8.78. The minimum Gasteiger partial charge on any atom is -0.419 e. The highest BCUT2D eigenvalue weighted by Crippen LogP contribution is 2.23. The average Bonchev–Trinajstić information content (AvgIpc) is 3.21. The zero-order valence-electron chi connectivity index (χ0n) is 14.5. The molecule has 24 heavy (non-hydrogen) atoms. The normalized spacial score (nSPS) is 12.8. The standard InChI is InChI=1S/C16H24N4O3S/c1-11(2)17-15(21)12(3)20(7-8-22-4)10-14-18-19-16(23-14)13-6-5-9-24-13/h5-6,9,11-12H,7-8,10H2,1-4H3,(H,17,21)/t12-/m0/s1. The van der Waals surface area contributed by atoms with Crippen LogP contribution in [0.15, 0.2) is 21.9 Å². The molecule has 0 saturated heterocycles. The summed E-state index contributed by atoms with van der Waals surface area (Å²) in [4.78, 5) is 15.2. The van der Waals surface area contributed by atoms with Gasteiger partial charge in [0.1, 0.15) is 0 Å². The summed E-state index contributed by atoms with van der Waals surface area (Å²) in [5.41, 5.74) is 0. The molecule has 132 valence electrons. The molecule has 0 radical (unpaired) electrons. The van der Waals surface area contributed by atoms with E-state index in [1.165, 1.54) is 0 Å². The third kappa shape index (κ3) is 5.12. The fraction of sp³-hybridized carbons (Fsp3) is 0.562. The summed E-state index contributed by atoms with van der Waals surface area (Å²) in [5.74, 6) is 0.962. The molecule has 8 heteroatoms. The number of nitrogens with zero attached hydrogens (tertiary/aromatic N) is 3. The highest BCUT2D eigenvalue weighted by atomic mass is 32.1. The number of rotatable bonds is 9. The monoisotopic (exact) mass is 352 g/mol. The lowest BCUT2D eigenvalue weighted by molar-refractivity contribution is -0.126. The molecule has 2 aromatic rings. The molecule has 0 aromatic carbocycles. The molecule has 1 N–H and O–H groups in total. The van der Waals surface area contributed by atoms with Gasteiger partial charge < -0.3 is 14.5 Å². The molecular formula is C16H24N4O3S. The van der Waals surface area contributed by atoms with Crippen molar-refractivity contribution in [1.82, 2.24) is 20.4 Å². The second-order valence-corrected chi connectivity index (χ2v) is 6.73. The number of carbonyl (C=O) groups is 1. The molecule has 2 heterocycles. The maximum Gasteiger partial charge on any atom is 0.257 e. The summed E-state index contributed by atoms with van der Waals surface area (Å²) >= 11 is 1.55. The van der Waals surface area contributed by atoms with Crippen LogP contribution in [0.5, 0.6) is 0 Å². The predicted molar refractivity (Wildman–Crippen MR) is 92.6 cm³/mol. The van der Waals surface area contributed by atoms with Crippen LogP contribution in [0, 0.1) is 0 Å². The Morgan fingerprint density at radius 2 is 2.21 bits per heavy atom. The van der Waals surface area contributed by atoms with E-state index in [0.29, 0.717) is 31.5 Å². The molecule has 0 aliphatic heterocycles. The lowest BCUT2D eigenvalue weighted by atomic mass is 10.2. The predicted octanol–water partition coefficient (Wildman–Crippen LogP) is 2.16. The molecule has 0 fully saturated rings. The van der Waals surface area contributed by atoms with Crippen molar-refractivity contribution >= 4 is 17.2 Å². The summed E-state index contributed by atoms with van der Waals surface area (Å²) in [5, 5.41) is 13.1. The van der Waals surface area contributed by atoms with Gasteiger partial charge in [0.15, 0.2) is 0 Å². The van der Waals surface area contributed by atoms with Crippen molar-refractivity contribution in [3.8, 4) is 10.8 Å². The zero-order chi connectivity index (χ0) is 17.5. The maximum absolute atomic E-state index is 12.3. The van der Waals surface area contributed by atoms with E-state index in [9.17, 15) is 4.79 Å². The fourth-order valence-electron chi connectivity index (χ4n) is 2.18. The largest absolute Gasteiger partial charge is 0.419 e. The Balaban J connectivity index is 2.06. The van der Waals surface area contributed by atoms with Crippen LogP contribution < -0.4 is 5.32 Å². The van der Waals surface area contributed by atoms with Gasteiger partial charge in [0.2, 0.25) is 11.8 Å². The van der Waals surface area contributed by atoms with E-state index in [1.54, 1.807) is 18.4 Å². The van der Waals surface area contributed by atoms with E-state index in [-0.39, 0.29) is 18.0 Å². The minimum atomic E-state index is -0.320. The van der Waals surface area contributed by atoms with Crippen molar-refractivity contribution in [3.05, 3.63) is 23.4 Å². The van der Waals surface area contributed by atoms with Gasteiger partial charge in [0.05, 0.1) is 24.1 Å². The van der Waals surface area contributed by atoms with E-state index in [4.69, 9.17) is 9.15 Å². The number of ether oxygens (including phenoxy) is 1. The van der Waals surface area contributed by atoms with Gasteiger partial charge in [-0.2, -0.15) is 0 Å². The van der Waals surface area contributed by atoms with Crippen molar-refractivity contribution in [1.29, 1.82) is 0 Å². The zero-order valence-corrected chi connectivity index (χ0v) is 15.3. The minimum absolute atomic E-state index is 0.0286. The maximum atomic E-state index is 12.3. The van der Waals surface area contributed by atoms with Crippen LogP contribution in [-0.2, 0) is 16.1 Å². The lowest BCUT2D eigenvalue weighted by Crippen LogP contribution is -2.47. The Hall–Kier alpha value is -1.77. The van der Waals surface area contributed by atoms with E-state index >= 15 is 0 Å². The summed E-state index contributed by atoms with van der Waals surface area (Å²) in [6.07, 6.45) is 0. The highest BCUT2D eigenvalue weighted by Gasteiger charge is 2.24. The molecule has 2 rings (SSSR count). The molecule has 7 nitrogen and oxygen atoms in total. The Bertz CT molecular complexity index is 627. The summed E-state index contributed by atoms with van der Waals surface area (Å²) in [7, 11) is 1.64. The van der Waals surface area contributed by atoms with E-state index in [2.05, 4.69) is 15.5 Å². The van der Waals surface area contributed by atoms with Crippen molar-refractivity contribution in [2.24, 2.45) is 0 Å². The average molecular weight is 352 g/mol. The number of hydrogen-bond acceptors (Lipinski definition) is 7. The van der Waals surface area contributed by atoms with Crippen molar-refractivity contribution in [2.75, 3.05) is 20.3 Å². The summed E-state index contributed by atoms with van der Waals surface area (Å²) in [6.45, 7) is 7.26. The van der Waals surface area contributed by atoms with Gasteiger partial charge in [-0.3, -0.25) is 9.69 Å². The molecule has 2 aromatic heterocycles. The van der Waals surface area contributed by atoms with Gasteiger partial charge in [0, 0.05) is 19.7 Å². The Morgan fingerprint density at radius 1 is 1.42 bits per heavy atom. The Morgan fingerprint density at radius 3 is 2.83 bits per heavy atom. The van der Waals surface area contributed by atoms with Crippen LogP contribution in [0.2, 0.25) is 0 Å². The summed E-state index contributed by atoms with van der Waals surface area (Å²) in [6, 6.07) is 3.65. The van der Waals surface area contributed by atoms with Gasteiger partial charge in [-0.25, -0.2) is 0 Å². The van der Waals surface area contributed by atoms with E-state index in [0.717, 1.165) is 4.88 Å². The number of carbonyl (C=O) groups excluding carboxylic acids is 1. The summed E-state index contributed by atoms with van der Waals surface area (Å²) < 4.78 is 10.9. The van der Waals surface area contributed by atoms with Crippen LogP contribution in [0.1, 0.15) is 26.7 Å². The molecular weight excluding hydrogens is 328 g/mol.